The zero-order chi connectivity index (χ0) is 31.7. The Bertz CT molecular complexity index is 1500. The summed E-state index contributed by atoms with van der Waals surface area (Å²) in [6, 6.07) is 3.32. The fourth-order valence-corrected chi connectivity index (χ4v) is 3.17. The average Bonchev–Trinajstić information content (AvgIpc) is 2.90. The maximum Gasteiger partial charge on any atom is 0.460 e. The lowest BCUT2D eigenvalue weighted by Gasteiger charge is -2.34. The van der Waals surface area contributed by atoms with E-state index in [1.165, 1.54) is 30.7 Å². The van der Waals surface area contributed by atoms with E-state index in [-0.39, 0.29) is 35.4 Å². The van der Waals surface area contributed by atoms with Crippen LogP contribution < -0.4 is 20.7 Å². The number of urea groups is 1. The van der Waals surface area contributed by atoms with Crippen molar-refractivity contribution in [3.05, 3.63) is 77.6 Å². The van der Waals surface area contributed by atoms with Crippen LogP contribution in [0.3, 0.4) is 0 Å². The molecule has 1 aromatic heterocycles. The quantitative estimate of drug-likeness (QED) is 0.236. The Morgan fingerprint density at radius 3 is 1.95 bits per heavy atom. The third-order valence-electron chi connectivity index (χ3n) is 5.34. The zero-order valence-electron chi connectivity index (χ0n) is 20.5. The van der Waals surface area contributed by atoms with Gasteiger partial charge in [-0.2, -0.15) is 39.5 Å². The van der Waals surface area contributed by atoms with Crippen molar-refractivity contribution in [2.75, 3.05) is 17.7 Å². The molecule has 3 N–H and O–H groups in total. The molecule has 42 heavy (non-hydrogen) atoms. The molecule has 1 heterocycles. The second kappa shape index (κ2) is 11.3. The van der Waals surface area contributed by atoms with Crippen molar-refractivity contribution >= 4 is 23.3 Å². The number of carbonyl (C=O) groups is 2. The molecule has 0 aliphatic heterocycles. The van der Waals surface area contributed by atoms with E-state index >= 15 is 0 Å². The maximum atomic E-state index is 14.5. The second-order valence-corrected chi connectivity index (χ2v) is 8.19. The number of anilines is 2. The average molecular weight is 616 g/mol. The van der Waals surface area contributed by atoms with Crippen LogP contribution in [-0.2, 0) is 5.92 Å². The first kappa shape index (κ1) is 31.9. The third kappa shape index (κ3) is 6.15. The van der Waals surface area contributed by atoms with Gasteiger partial charge in [-0.1, -0.05) is 0 Å². The molecule has 7 nitrogen and oxygen atoms in total. The molecule has 0 radical (unpaired) electrons. The summed E-state index contributed by atoms with van der Waals surface area (Å²) in [6.07, 6.45) is -5.85. The number of hydrogen-bond acceptors (Lipinski definition) is 4. The van der Waals surface area contributed by atoms with E-state index in [2.05, 4.69) is 10.3 Å². The highest BCUT2D eigenvalue weighted by atomic mass is 19.4. The molecule has 2 aromatic carbocycles. The molecule has 0 saturated heterocycles. The van der Waals surface area contributed by atoms with E-state index in [0.29, 0.717) is 0 Å². The van der Waals surface area contributed by atoms with Gasteiger partial charge in [0.1, 0.15) is 28.8 Å². The van der Waals surface area contributed by atoms with Gasteiger partial charge in [0.25, 0.3) is 5.91 Å². The largest absolute Gasteiger partial charge is 0.460 e. The SMILES string of the molecule is CNC(=O)c1cc(Oc2ccc(NC(=O)Nc3cc(C(F)(F)C(F)(F)C(F)(F)C(F)(F)F)ccc3F)c(F)c2)ccn1. The van der Waals surface area contributed by atoms with Crippen LogP contribution in [0.25, 0.3) is 0 Å². The van der Waals surface area contributed by atoms with Crippen molar-refractivity contribution in [1.29, 1.82) is 0 Å². The molecule has 0 atom stereocenters. The Balaban J connectivity index is 1.78. The molecule has 3 aromatic rings. The Morgan fingerprint density at radius 1 is 0.738 bits per heavy atom. The number of rotatable bonds is 8. The number of amides is 3. The summed E-state index contributed by atoms with van der Waals surface area (Å²) in [4.78, 5) is 27.7. The minimum Gasteiger partial charge on any atom is -0.457 e. The highest BCUT2D eigenvalue weighted by Gasteiger charge is 2.82. The lowest BCUT2D eigenvalue weighted by molar-refractivity contribution is -0.399. The molecule has 0 aliphatic carbocycles. The van der Waals surface area contributed by atoms with Crippen LogP contribution in [0.2, 0.25) is 0 Å². The number of benzene rings is 2. The van der Waals surface area contributed by atoms with Crippen molar-refractivity contribution in [1.82, 2.24) is 10.3 Å². The van der Waals surface area contributed by atoms with Crippen molar-refractivity contribution in [3.8, 4) is 11.5 Å². The van der Waals surface area contributed by atoms with E-state index in [1.807, 2.05) is 5.32 Å². The summed E-state index contributed by atoms with van der Waals surface area (Å²) < 4.78 is 153. The zero-order valence-corrected chi connectivity index (χ0v) is 20.5. The minimum absolute atomic E-state index is 0.00202. The first-order valence-corrected chi connectivity index (χ1v) is 11.1. The fraction of sp³-hybridized carbons (Fsp3) is 0.208. The van der Waals surface area contributed by atoms with E-state index in [4.69, 9.17) is 4.74 Å². The minimum atomic E-state index is -7.19. The summed E-state index contributed by atoms with van der Waals surface area (Å²) in [5.74, 6) is -23.8. The molecule has 0 bridgehead atoms. The molecular weight excluding hydrogens is 601 g/mol. The Labute approximate surface area is 227 Å². The molecule has 0 unspecified atom stereocenters. The fourth-order valence-electron chi connectivity index (χ4n) is 3.17. The number of nitrogens with one attached hydrogen (secondary N) is 3. The number of nitrogens with zero attached hydrogens (tertiary/aromatic N) is 1. The number of ether oxygens (including phenoxy) is 1. The predicted molar refractivity (Wildman–Crippen MR) is 123 cm³/mol. The summed E-state index contributed by atoms with van der Waals surface area (Å²) in [5.41, 5.74) is -4.19. The van der Waals surface area contributed by atoms with Crippen LogP contribution in [0.15, 0.2) is 54.7 Å². The number of pyridine rings is 1. The second-order valence-electron chi connectivity index (χ2n) is 8.19. The van der Waals surface area contributed by atoms with Crippen molar-refractivity contribution < 1.29 is 62.6 Å². The predicted octanol–water partition coefficient (Wildman–Crippen LogP) is 7.08. The van der Waals surface area contributed by atoms with Gasteiger partial charge < -0.3 is 20.7 Å². The maximum absolute atomic E-state index is 14.5. The van der Waals surface area contributed by atoms with Gasteiger partial charge in [-0.05, 0) is 36.4 Å². The van der Waals surface area contributed by atoms with Crippen LogP contribution in [0, 0.1) is 11.6 Å². The molecule has 0 aliphatic rings. The van der Waals surface area contributed by atoms with Gasteiger partial charge in [0.15, 0.2) is 0 Å². The number of alkyl halides is 9. The Kier molecular flexibility index (Phi) is 8.60. The Hall–Kier alpha value is -4.64. The van der Waals surface area contributed by atoms with Crippen LogP contribution in [0.1, 0.15) is 16.1 Å². The topological polar surface area (TPSA) is 92.4 Å². The van der Waals surface area contributed by atoms with E-state index in [0.717, 1.165) is 18.2 Å². The number of carbonyl (C=O) groups excluding carboxylic acids is 2. The highest BCUT2D eigenvalue weighted by Crippen LogP contribution is 2.56. The molecule has 3 rings (SSSR count). The number of aromatic nitrogens is 1. The smallest absolute Gasteiger partial charge is 0.457 e. The molecule has 0 spiro atoms. The summed E-state index contributed by atoms with van der Waals surface area (Å²) >= 11 is 0. The summed E-state index contributed by atoms with van der Waals surface area (Å²) in [7, 11) is 1.35. The van der Waals surface area contributed by atoms with Gasteiger partial charge >= 0.3 is 30.0 Å². The number of hydrogen-bond donors (Lipinski definition) is 3. The van der Waals surface area contributed by atoms with Gasteiger partial charge in [-0.3, -0.25) is 9.78 Å². The molecule has 226 valence electrons. The highest BCUT2D eigenvalue weighted by molar-refractivity contribution is 6.00. The van der Waals surface area contributed by atoms with Gasteiger partial charge in [0.05, 0.1) is 11.4 Å². The summed E-state index contributed by atoms with van der Waals surface area (Å²) in [5, 5.41) is 5.69. The lowest BCUT2D eigenvalue weighted by Crippen LogP contribution is -2.59. The van der Waals surface area contributed by atoms with Gasteiger partial charge in [-0.25, -0.2) is 13.6 Å². The van der Waals surface area contributed by atoms with E-state index < -0.39 is 64.5 Å². The van der Waals surface area contributed by atoms with E-state index in [1.54, 1.807) is 0 Å². The number of halogens is 11. The van der Waals surface area contributed by atoms with Crippen LogP contribution in [-0.4, -0.2) is 42.0 Å². The van der Waals surface area contributed by atoms with Gasteiger partial charge in [-0.15, -0.1) is 0 Å². The monoisotopic (exact) mass is 616 g/mol. The first-order valence-electron chi connectivity index (χ1n) is 11.1. The normalized spacial score (nSPS) is 12.5. The van der Waals surface area contributed by atoms with E-state index in [9.17, 15) is 57.9 Å². The standard InChI is InChI=1S/C24H15F11N4O3/c1-36-19(40)18-10-13(6-7-37-18)42-12-3-5-16(15(26)9-12)38-20(41)39-17-8-11(2-4-14(17)25)21(27,28)22(29,30)23(31,32)24(33,34)35/h2-10H,1H3,(H,36,40)(H2,38,39,41). The molecular formula is C24H15F11N4O3. The third-order valence-corrected chi connectivity index (χ3v) is 5.34. The van der Waals surface area contributed by atoms with Crippen LogP contribution in [0.5, 0.6) is 11.5 Å². The van der Waals surface area contributed by atoms with Crippen molar-refractivity contribution in [3.63, 3.8) is 0 Å². The first-order chi connectivity index (χ1) is 19.3. The van der Waals surface area contributed by atoms with Gasteiger partial charge in [0.2, 0.25) is 0 Å². The lowest BCUT2D eigenvalue weighted by atomic mass is 9.96. The van der Waals surface area contributed by atoms with Crippen LogP contribution in [0.4, 0.5) is 64.5 Å². The Morgan fingerprint density at radius 2 is 1.36 bits per heavy atom. The van der Waals surface area contributed by atoms with Crippen molar-refractivity contribution in [2.45, 2.75) is 23.9 Å². The molecule has 0 fully saturated rings. The molecule has 18 heteroatoms. The molecule has 3 amide bonds. The molecule has 0 saturated carbocycles. The van der Waals surface area contributed by atoms with Crippen LogP contribution >= 0.6 is 0 Å². The van der Waals surface area contributed by atoms with Crippen molar-refractivity contribution in [2.24, 2.45) is 0 Å². The summed E-state index contributed by atoms with van der Waals surface area (Å²) in [6.45, 7) is 0. The van der Waals surface area contributed by atoms with Gasteiger partial charge in [0, 0.05) is 30.9 Å².